The van der Waals surface area contributed by atoms with Crippen molar-refractivity contribution in [2.75, 3.05) is 53.4 Å². The lowest BCUT2D eigenvalue weighted by Crippen LogP contribution is -2.49. The number of hydrogen-bond donors (Lipinski definition) is 0. The molecule has 0 aromatic heterocycles. The predicted molar refractivity (Wildman–Crippen MR) is 132 cm³/mol. The predicted octanol–water partition coefficient (Wildman–Crippen LogP) is 4.15. The molecule has 3 aromatic rings. The molecular formula is C28H31N3O2. The number of benzene rings is 3. The van der Waals surface area contributed by atoms with Gasteiger partial charge in [-0.25, -0.2) is 0 Å². The summed E-state index contributed by atoms with van der Waals surface area (Å²) in [5.41, 5.74) is 6.12. The van der Waals surface area contributed by atoms with Gasteiger partial charge < -0.3 is 14.5 Å². The van der Waals surface area contributed by atoms with E-state index in [0.717, 1.165) is 38.5 Å². The van der Waals surface area contributed by atoms with Crippen LogP contribution in [0.3, 0.4) is 0 Å². The fourth-order valence-corrected chi connectivity index (χ4v) is 4.95. The van der Waals surface area contributed by atoms with Gasteiger partial charge in [-0.3, -0.25) is 9.69 Å². The number of ether oxygens (including phenoxy) is 1. The number of piperazine rings is 1. The van der Waals surface area contributed by atoms with Crippen LogP contribution in [0.5, 0.6) is 5.75 Å². The molecule has 1 saturated heterocycles. The zero-order valence-corrected chi connectivity index (χ0v) is 19.4. The molecule has 1 amide bonds. The normalized spacial score (nSPS) is 16.0. The van der Waals surface area contributed by atoms with Crippen molar-refractivity contribution in [2.24, 2.45) is 0 Å². The third-order valence-electron chi connectivity index (χ3n) is 6.66. The van der Waals surface area contributed by atoms with E-state index >= 15 is 0 Å². The molecule has 3 aromatic carbocycles. The lowest BCUT2D eigenvalue weighted by molar-refractivity contribution is 0.0599. The van der Waals surface area contributed by atoms with E-state index in [4.69, 9.17) is 4.74 Å². The smallest absolute Gasteiger partial charge is 0.254 e. The Morgan fingerprint density at radius 2 is 1.52 bits per heavy atom. The van der Waals surface area contributed by atoms with Crippen LogP contribution in [0, 0.1) is 0 Å². The number of likely N-dealkylation sites (N-methyl/N-ethyl adjacent to an activating group) is 1. The molecule has 0 radical (unpaired) electrons. The molecule has 1 aliphatic heterocycles. The van der Waals surface area contributed by atoms with Gasteiger partial charge in [0.2, 0.25) is 0 Å². The maximum absolute atomic E-state index is 13.2. The third-order valence-corrected chi connectivity index (χ3v) is 6.66. The summed E-state index contributed by atoms with van der Waals surface area (Å²) in [6.07, 6.45) is 0. The topological polar surface area (TPSA) is 36.0 Å². The molecular weight excluding hydrogens is 410 g/mol. The quantitative estimate of drug-likeness (QED) is 0.576. The van der Waals surface area contributed by atoms with Crippen LogP contribution < -0.4 is 4.74 Å². The molecule has 0 N–H and O–H groups in total. The fraction of sp³-hybridized carbons (Fsp3) is 0.321. The minimum Gasteiger partial charge on any atom is -0.492 e. The summed E-state index contributed by atoms with van der Waals surface area (Å²) in [7, 11) is 4.04. The van der Waals surface area contributed by atoms with Crippen LogP contribution in [0.1, 0.15) is 27.5 Å². The number of hydrogen-bond acceptors (Lipinski definition) is 4. The van der Waals surface area contributed by atoms with Crippen LogP contribution >= 0.6 is 0 Å². The van der Waals surface area contributed by atoms with Gasteiger partial charge in [0, 0.05) is 38.3 Å². The van der Waals surface area contributed by atoms with Gasteiger partial charge in [-0.2, -0.15) is 0 Å². The van der Waals surface area contributed by atoms with E-state index < -0.39 is 0 Å². The highest BCUT2D eigenvalue weighted by Crippen LogP contribution is 2.46. The van der Waals surface area contributed by atoms with Crippen molar-refractivity contribution in [3.05, 3.63) is 89.5 Å². The summed E-state index contributed by atoms with van der Waals surface area (Å²) in [6.45, 7) is 4.62. The fourth-order valence-electron chi connectivity index (χ4n) is 4.95. The molecule has 0 spiro atoms. The Morgan fingerprint density at radius 3 is 2.15 bits per heavy atom. The monoisotopic (exact) mass is 441 g/mol. The minimum atomic E-state index is 0.0833. The molecule has 1 heterocycles. The summed E-state index contributed by atoms with van der Waals surface area (Å²) in [6, 6.07) is 25.3. The van der Waals surface area contributed by atoms with Gasteiger partial charge in [0.25, 0.3) is 5.91 Å². The van der Waals surface area contributed by atoms with E-state index in [0.29, 0.717) is 12.2 Å². The molecule has 170 valence electrons. The molecule has 0 bridgehead atoms. The van der Waals surface area contributed by atoms with Crippen molar-refractivity contribution in [1.82, 2.24) is 14.7 Å². The van der Waals surface area contributed by atoms with Crippen molar-refractivity contribution >= 4 is 5.91 Å². The van der Waals surface area contributed by atoms with E-state index in [1.165, 1.54) is 22.3 Å². The average Bonchev–Trinajstić information content (AvgIpc) is 3.18. The second-order valence-electron chi connectivity index (χ2n) is 9.08. The summed E-state index contributed by atoms with van der Waals surface area (Å²) in [5.74, 6) is 0.834. The van der Waals surface area contributed by atoms with Gasteiger partial charge in [-0.05, 0) is 54.5 Å². The average molecular weight is 442 g/mol. The molecule has 5 heteroatoms. The number of carbonyl (C=O) groups is 1. The van der Waals surface area contributed by atoms with Gasteiger partial charge in [0.05, 0.1) is 6.04 Å². The maximum Gasteiger partial charge on any atom is 0.254 e. The second kappa shape index (κ2) is 9.38. The summed E-state index contributed by atoms with van der Waals surface area (Å²) in [4.78, 5) is 19.8. The SMILES string of the molecule is CN(C)CCOc1cccc(C(=O)N2CCN(C3c4ccccc4-c4ccccc43)CC2)c1. The van der Waals surface area contributed by atoms with Crippen molar-refractivity contribution in [1.29, 1.82) is 0 Å². The van der Waals surface area contributed by atoms with Crippen LogP contribution in [0.2, 0.25) is 0 Å². The zero-order valence-electron chi connectivity index (χ0n) is 19.4. The molecule has 1 aliphatic carbocycles. The van der Waals surface area contributed by atoms with E-state index in [9.17, 15) is 4.79 Å². The van der Waals surface area contributed by atoms with Crippen molar-refractivity contribution in [3.8, 4) is 16.9 Å². The number of fused-ring (bicyclic) bond motifs is 3. The lowest BCUT2D eigenvalue weighted by atomic mass is 10.0. The van der Waals surface area contributed by atoms with E-state index in [-0.39, 0.29) is 11.9 Å². The molecule has 0 saturated carbocycles. The zero-order chi connectivity index (χ0) is 22.8. The largest absolute Gasteiger partial charge is 0.492 e. The Labute approximate surface area is 196 Å². The molecule has 2 aliphatic rings. The molecule has 0 atom stereocenters. The number of carbonyl (C=O) groups excluding carboxylic acids is 1. The van der Waals surface area contributed by atoms with Crippen LogP contribution in [-0.2, 0) is 0 Å². The number of rotatable bonds is 6. The van der Waals surface area contributed by atoms with Crippen molar-refractivity contribution < 1.29 is 9.53 Å². The van der Waals surface area contributed by atoms with Crippen LogP contribution in [0.25, 0.3) is 11.1 Å². The maximum atomic E-state index is 13.2. The standard InChI is InChI=1S/C28H31N3O2/c1-29(2)18-19-33-22-9-7-8-21(20-22)28(32)31-16-14-30(15-17-31)27-25-12-5-3-10-23(25)24-11-4-6-13-26(24)27/h3-13,20,27H,14-19H2,1-2H3. The van der Waals surface area contributed by atoms with Gasteiger partial charge in [0.1, 0.15) is 12.4 Å². The first-order chi connectivity index (χ1) is 16.1. The Balaban J connectivity index is 1.26. The Bertz CT molecular complexity index is 1090. The van der Waals surface area contributed by atoms with Gasteiger partial charge in [-0.1, -0.05) is 54.6 Å². The molecule has 5 rings (SSSR count). The van der Waals surface area contributed by atoms with Crippen LogP contribution in [-0.4, -0.2) is 74.0 Å². The molecule has 33 heavy (non-hydrogen) atoms. The number of amides is 1. The third kappa shape index (κ3) is 4.39. The van der Waals surface area contributed by atoms with Crippen LogP contribution in [0.15, 0.2) is 72.8 Å². The second-order valence-corrected chi connectivity index (χ2v) is 9.08. The summed E-state index contributed by atoms with van der Waals surface area (Å²) >= 11 is 0. The highest BCUT2D eigenvalue weighted by atomic mass is 16.5. The Morgan fingerprint density at radius 1 is 0.879 bits per heavy atom. The van der Waals surface area contributed by atoms with Gasteiger partial charge in [-0.15, -0.1) is 0 Å². The highest BCUT2D eigenvalue weighted by molar-refractivity contribution is 5.94. The molecule has 1 fully saturated rings. The molecule has 0 unspecified atom stereocenters. The van der Waals surface area contributed by atoms with Gasteiger partial charge in [0.15, 0.2) is 0 Å². The van der Waals surface area contributed by atoms with E-state index in [1.807, 2.05) is 43.3 Å². The highest BCUT2D eigenvalue weighted by Gasteiger charge is 2.34. The van der Waals surface area contributed by atoms with Crippen LogP contribution in [0.4, 0.5) is 0 Å². The Hall–Kier alpha value is -3.15. The first kappa shape index (κ1) is 21.7. The summed E-state index contributed by atoms with van der Waals surface area (Å²) in [5, 5.41) is 0. The first-order valence-electron chi connectivity index (χ1n) is 11.7. The Kier molecular flexibility index (Phi) is 6.16. The first-order valence-corrected chi connectivity index (χ1v) is 11.7. The minimum absolute atomic E-state index is 0.0833. The van der Waals surface area contributed by atoms with E-state index in [2.05, 4.69) is 58.3 Å². The summed E-state index contributed by atoms with van der Waals surface area (Å²) < 4.78 is 5.83. The van der Waals surface area contributed by atoms with Gasteiger partial charge >= 0.3 is 0 Å². The van der Waals surface area contributed by atoms with Crippen molar-refractivity contribution in [2.45, 2.75) is 6.04 Å². The van der Waals surface area contributed by atoms with E-state index in [1.54, 1.807) is 0 Å². The van der Waals surface area contributed by atoms with Crippen molar-refractivity contribution in [3.63, 3.8) is 0 Å². The number of nitrogens with zero attached hydrogens (tertiary/aromatic N) is 3. The lowest BCUT2D eigenvalue weighted by Gasteiger charge is -2.38. The molecule has 5 nitrogen and oxygen atoms in total.